The number of ketones is 1. The lowest BCUT2D eigenvalue weighted by atomic mass is 10.1. The van der Waals surface area contributed by atoms with Gasteiger partial charge in [-0.05, 0) is 48.6 Å². The summed E-state index contributed by atoms with van der Waals surface area (Å²) < 4.78 is 10.7. The van der Waals surface area contributed by atoms with Crippen molar-refractivity contribution in [1.82, 2.24) is 15.2 Å². The summed E-state index contributed by atoms with van der Waals surface area (Å²) >= 11 is 0. The highest BCUT2D eigenvalue weighted by atomic mass is 16.5. The van der Waals surface area contributed by atoms with Crippen molar-refractivity contribution < 1.29 is 19.1 Å². The maximum atomic E-state index is 12.6. The smallest absolute Gasteiger partial charge is 0.319 e. The zero-order chi connectivity index (χ0) is 23.6. The second-order valence-corrected chi connectivity index (χ2v) is 8.13. The molecule has 2 saturated heterocycles. The molecular weight excluding hydrogens is 434 g/mol. The molecule has 0 radical (unpaired) electrons. The summed E-state index contributed by atoms with van der Waals surface area (Å²) in [5.74, 6) is 0.761. The Morgan fingerprint density at radius 3 is 2.38 bits per heavy atom. The molecule has 180 valence electrons. The molecule has 1 aromatic heterocycles. The number of carbonyl (C=O) groups excluding carboxylic acids is 2. The fourth-order valence-electron chi connectivity index (χ4n) is 3.80. The standard InChI is InChI=1S/C25H31N5O4/c31-23(9-8-21-2-1-3-24(27-21)30-14-18-34-19-15-30)20-4-6-22(7-5-20)28-25(32)26-10-11-29-12-16-33-17-13-29/h1-9H,10-19H2,(H2,26,28,32)/b9-8+. The SMILES string of the molecule is O=C(NCCN1CCOCC1)Nc1ccc(C(=O)/C=C/c2cccc(N3CCOCC3)n2)cc1. The van der Waals surface area contributed by atoms with Gasteiger partial charge in [0.2, 0.25) is 0 Å². The van der Waals surface area contributed by atoms with Crippen LogP contribution in [0.3, 0.4) is 0 Å². The highest BCUT2D eigenvalue weighted by Crippen LogP contribution is 2.15. The number of hydrogen-bond donors (Lipinski definition) is 2. The van der Waals surface area contributed by atoms with Crippen LogP contribution in [0.4, 0.5) is 16.3 Å². The second kappa shape index (κ2) is 12.3. The summed E-state index contributed by atoms with van der Waals surface area (Å²) in [6, 6.07) is 12.4. The largest absolute Gasteiger partial charge is 0.379 e. The third-order valence-corrected chi connectivity index (χ3v) is 5.74. The molecule has 2 aliphatic heterocycles. The van der Waals surface area contributed by atoms with E-state index in [1.165, 1.54) is 6.08 Å². The van der Waals surface area contributed by atoms with Crippen molar-refractivity contribution >= 4 is 29.4 Å². The molecule has 9 nitrogen and oxygen atoms in total. The average molecular weight is 466 g/mol. The van der Waals surface area contributed by atoms with E-state index in [-0.39, 0.29) is 11.8 Å². The first-order valence-electron chi connectivity index (χ1n) is 11.6. The first kappa shape index (κ1) is 23.9. The number of aromatic nitrogens is 1. The highest BCUT2D eigenvalue weighted by molar-refractivity contribution is 6.07. The number of nitrogens with one attached hydrogen (secondary N) is 2. The third kappa shape index (κ3) is 7.11. The van der Waals surface area contributed by atoms with E-state index in [2.05, 4.69) is 25.4 Å². The minimum absolute atomic E-state index is 0.125. The van der Waals surface area contributed by atoms with E-state index in [0.29, 0.717) is 31.0 Å². The molecule has 0 spiro atoms. The van der Waals surface area contributed by atoms with Gasteiger partial charge in [0.1, 0.15) is 5.82 Å². The van der Waals surface area contributed by atoms with Gasteiger partial charge in [0.05, 0.1) is 32.1 Å². The van der Waals surface area contributed by atoms with Crippen LogP contribution in [-0.2, 0) is 9.47 Å². The molecule has 2 aromatic rings. The van der Waals surface area contributed by atoms with Crippen molar-refractivity contribution in [3.05, 3.63) is 59.8 Å². The van der Waals surface area contributed by atoms with Gasteiger partial charge in [-0.1, -0.05) is 6.07 Å². The first-order valence-corrected chi connectivity index (χ1v) is 11.6. The van der Waals surface area contributed by atoms with Gasteiger partial charge in [-0.15, -0.1) is 0 Å². The molecule has 2 fully saturated rings. The zero-order valence-corrected chi connectivity index (χ0v) is 19.2. The molecule has 0 aliphatic carbocycles. The maximum absolute atomic E-state index is 12.6. The Bertz CT molecular complexity index is 983. The van der Waals surface area contributed by atoms with Crippen LogP contribution in [0.1, 0.15) is 16.1 Å². The van der Waals surface area contributed by atoms with Crippen LogP contribution in [-0.4, -0.2) is 87.4 Å². The molecular formula is C25H31N5O4. The number of hydrogen-bond acceptors (Lipinski definition) is 7. The Kier molecular flexibility index (Phi) is 8.61. The van der Waals surface area contributed by atoms with Crippen LogP contribution < -0.4 is 15.5 Å². The molecule has 0 saturated carbocycles. The Hall–Kier alpha value is -3.27. The van der Waals surface area contributed by atoms with Crippen molar-refractivity contribution in [1.29, 1.82) is 0 Å². The minimum atomic E-state index is -0.265. The van der Waals surface area contributed by atoms with E-state index in [4.69, 9.17) is 9.47 Å². The summed E-state index contributed by atoms with van der Waals surface area (Å²) in [6.07, 6.45) is 3.24. The molecule has 2 aliphatic rings. The number of benzene rings is 1. The Morgan fingerprint density at radius 1 is 0.941 bits per heavy atom. The Labute approximate surface area is 199 Å². The van der Waals surface area contributed by atoms with E-state index in [0.717, 1.165) is 57.4 Å². The van der Waals surface area contributed by atoms with E-state index >= 15 is 0 Å². The molecule has 34 heavy (non-hydrogen) atoms. The fourth-order valence-corrected chi connectivity index (χ4v) is 3.80. The summed E-state index contributed by atoms with van der Waals surface area (Å²) in [4.78, 5) is 33.7. The quantitative estimate of drug-likeness (QED) is 0.456. The van der Waals surface area contributed by atoms with Crippen LogP contribution >= 0.6 is 0 Å². The van der Waals surface area contributed by atoms with Crippen molar-refractivity contribution in [3.63, 3.8) is 0 Å². The topological polar surface area (TPSA) is 96.0 Å². The van der Waals surface area contributed by atoms with Crippen molar-refractivity contribution in [2.24, 2.45) is 0 Å². The van der Waals surface area contributed by atoms with Crippen LogP contribution in [0.15, 0.2) is 48.5 Å². The third-order valence-electron chi connectivity index (χ3n) is 5.74. The number of urea groups is 1. The number of amides is 2. The predicted octanol–water partition coefficient (Wildman–Crippen LogP) is 2.27. The number of nitrogens with zero attached hydrogens (tertiary/aromatic N) is 3. The average Bonchev–Trinajstić information content (AvgIpc) is 2.89. The van der Waals surface area contributed by atoms with Crippen LogP contribution in [0.2, 0.25) is 0 Å². The number of pyridine rings is 1. The summed E-state index contributed by atoms with van der Waals surface area (Å²) in [5.41, 5.74) is 1.90. The normalized spacial score (nSPS) is 17.0. The lowest BCUT2D eigenvalue weighted by Gasteiger charge is -2.27. The molecule has 4 rings (SSSR count). The van der Waals surface area contributed by atoms with Crippen LogP contribution in [0, 0.1) is 0 Å². The highest BCUT2D eigenvalue weighted by Gasteiger charge is 2.13. The van der Waals surface area contributed by atoms with Gasteiger partial charge in [0, 0.05) is 50.5 Å². The first-order chi connectivity index (χ1) is 16.7. The van der Waals surface area contributed by atoms with Gasteiger partial charge in [0.15, 0.2) is 5.78 Å². The molecule has 2 N–H and O–H groups in total. The number of rotatable bonds is 8. The van der Waals surface area contributed by atoms with Crippen LogP contribution in [0.25, 0.3) is 6.08 Å². The maximum Gasteiger partial charge on any atom is 0.319 e. The lowest BCUT2D eigenvalue weighted by molar-refractivity contribution is 0.0388. The van der Waals surface area contributed by atoms with Gasteiger partial charge >= 0.3 is 6.03 Å². The summed E-state index contributed by atoms with van der Waals surface area (Å²) in [7, 11) is 0. The van der Waals surface area contributed by atoms with Gasteiger partial charge < -0.3 is 25.0 Å². The van der Waals surface area contributed by atoms with E-state index in [9.17, 15) is 9.59 Å². The molecule has 9 heteroatoms. The number of ether oxygens (including phenoxy) is 2. The number of anilines is 2. The lowest BCUT2D eigenvalue weighted by Crippen LogP contribution is -2.42. The number of morpholine rings is 2. The second-order valence-electron chi connectivity index (χ2n) is 8.13. The summed E-state index contributed by atoms with van der Waals surface area (Å²) in [6.45, 7) is 7.63. The fraction of sp³-hybridized carbons (Fsp3) is 0.400. The van der Waals surface area contributed by atoms with E-state index in [1.54, 1.807) is 30.3 Å². The molecule has 3 heterocycles. The van der Waals surface area contributed by atoms with Gasteiger partial charge in [-0.3, -0.25) is 9.69 Å². The predicted molar refractivity (Wildman–Crippen MR) is 131 cm³/mol. The van der Waals surface area contributed by atoms with Gasteiger partial charge in [-0.25, -0.2) is 9.78 Å². The van der Waals surface area contributed by atoms with Crippen molar-refractivity contribution in [2.75, 3.05) is 75.9 Å². The minimum Gasteiger partial charge on any atom is -0.379 e. The zero-order valence-electron chi connectivity index (χ0n) is 19.2. The van der Waals surface area contributed by atoms with Gasteiger partial charge in [-0.2, -0.15) is 0 Å². The number of allylic oxidation sites excluding steroid dienone is 1. The van der Waals surface area contributed by atoms with Gasteiger partial charge in [0.25, 0.3) is 0 Å². The Balaban J connectivity index is 1.25. The van der Waals surface area contributed by atoms with Crippen molar-refractivity contribution in [3.8, 4) is 0 Å². The number of carbonyl (C=O) groups is 2. The van der Waals surface area contributed by atoms with E-state index < -0.39 is 0 Å². The Morgan fingerprint density at radius 2 is 1.65 bits per heavy atom. The monoisotopic (exact) mass is 465 g/mol. The van der Waals surface area contributed by atoms with Crippen molar-refractivity contribution in [2.45, 2.75) is 0 Å². The van der Waals surface area contributed by atoms with E-state index in [1.807, 2.05) is 18.2 Å². The molecule has 0 atom stereocenters. The molecule has 1 aromatic carbocycles. The van der Waals surface area contributed by atoms with Crippen LogP contribution in [0.5, 0.6) is 0 Å². The summed E-state index contributed by atoms with van der Waals surface area (Å²) in [5, 5.41) is 5.65. The molecule has 0 unspecified atom stereocenters. The molecule has 2 amide bonds. The molecule has 0 bridgehead atoms.